The number of hydrogen-bond acceptors (Lipinski definition) is 4. The van der Waals surface area contributed by atoms with E-state index in [0.29, 0.717) is 0 Å². The molecule has 0 radical (unpaired) electrons. The maximum absolute atomic E-state index is 11.0. The first-order valence-corrected chi connectivity index (χ1v) is 4.98. The standard InChI is InChI=1S/C7H13O5P/c1-4-11-13(10)12-7(2,3)5-6(8)9/h4-5H2,1-3H3/p+1. The SMILES string of the molecule is CCO[P+](=O)OC(C)(C)CC(=O)O. The second kappa shape index (κ2) is 5.27. The largest absolute Gasteiger partial charge is 0.697 e. The van der Waals surface area contributed by atoms with Crippen molar-refractivity contribution in [2.24, 2.45) is 0 Å². The van der Waals surface area contributed by atoms with Crippen molar-refractivity contribution in [2.45, 2.75) is 32.8 Å². The lowest BCUT2D eigenvalue weighted by Gasteiger charge is -2.13. The van der Waals surface area contributed by atoms with Gasteiger partial charge in [0.1, 0.15) is 12.2 Å². The molecular formula is C7H14O5P+. The summed E-state index contributed by atoms with van der Waals surface area (Å²) in [7, 11) is -2.21. The van der Waals surface area contributed by atoms with Gasteiger partial charge in [0.25, 0.3) is 0 Å². The van der Waals surface area contributed by atoms with E-state index in [1.54, 1.807) is 20.8 Å². The quantitative estimate of drug-likeness (QED) is 0.677. The molecular weight excluding hydrogens is 195 g/mol. The van der Waals surface area contributed by atoms with E-state index in [9.17, 15) is 9.36 Å². The molecule has 0 saturated heterocycles. The van der Waals surface area contributed by atoms with Gasteiger partial charge >= 0.3 is 14.2 Å². The second-order valence-electron chi connectivity index (χ2n) is 3.06. The molecule has 13 heavy (non-hydrogen) atoms. The third kappa shape index (κ3) is 6.63. The molecule has 1 unspecified atom stereocenters. The van der Waals surface area contributed by atoms with Crippen LogP contribution in [0, 0.1) is 0 Å². The van der Waals surface area contributed by atoms with E-state index in [-0.39, 0.29) is 13.0 Å². The van der Waals surface area contributed by atoms with Gasteiger partial charge < -0.3 is 5.11 Å². The summed E-state index contributed by atoms with van der Waals surface area (Å²) in [6.07, 6.45) is -0.207. The van der Waals surface area contributed by atoms with Crippen molar-refractivity contribution < 1.29 is 23.5 Å². The molecule has 76 valence electrons. The highest BCUT2D eigenvalue weighted by molar-refractivity contribution is 7.33. The monoisotopic (exact) mass is 209 g/mol. The fourth-order valence-electron chi connectivity index (χ4n) is 0.730. The predicted octanol–water partition coefficient (Wildman–Crippen LogP) is 1.95. The molecule has 1 N–H and O–H groups in total. The van der Waals surface area contributed by atoms with E-state index in [1.807, 2.05) is 0 Å². The molecule has 5 nitrogen and oxygen atoms in total. The lowest BCUT2D eigenvalue weighted by molar-refractivity contribution is -0.140. The zero-order valence-electron chi connectivity index (χ0n) is 7.94. The van der Waals surface area contributed by atoms with Crippen LogP contribution in [0.5, 0.6) is 0 Å². The number of carboxylic acid groups (broad SMARTS) is 1. The highest BCUT2D eigenvalue weighted by Gasteiger charge is 2.35. The van der Waals surface area contributed by atoms with Crippen molar-refractivity contribution >= 4 is 14.2 Å². The number of aliphatic carboxylic acids is 1. The maximum Gasteiger partial charge on any atom is 0.697 e. The molecule has 0 saturated carbocycles. The van der Waals surface area contributed by atoms with Gasteiger partial charge in [0.15, 0.2) is 0 Å². The van der Waals surface area contributed by atoms with Gasteiger partial charge in [-0.3, -0.25) is 4.79 Å². The van der Waals surface area contributed by atoms with E-state index in [4.69, 9.17) is 9.63 Å². The Morgan fingerprint density at radius 2 is 2.08 bits per heavy atom. The minimum atomic E-state index is -2.21. The van der Waals surface area contributed by atoms with Crippen LogP contribution in [0.15, 0.2) is 0 Å². The molecule has 0 aliphatic carbocycles. The third-order valence-electron chi connectivity index (χ3n) is 1.13. The van der Waals surface area contributed by atoms with Gasteiger partial charge in [0, 0.05) is 4.57 Å². The molecule has 0 aliphatic heterocycles. The van der Waals surface area contributed by atoms with Crippen LogP contribution < -0.4 is 0 Å². The van der Waals surface area contributed by atoms with Gasteiger partial charge in [-0.05, 0) is 20.8 Å². The van der Waals surface area contributed by atoms with Crippen molar-refractivity contribution in [2.75, 3.05) is 6.61 Å². The Hall–Kier alpha value is -0.510. The molecule has 0 spiro atoms. The molecule has 0 aromatic carbocycles. The summed E-state index contributed by atoms with van der Waals surface area (Å²) in [4.78, 5) is 10.3. The van der Waals surface area contributed by atoms with E-state index >= 15 is 0 Å². The van der Waals surface area contributed by atoms with Crippen LogP contribution in [0.4, 0.5) is 0 Å². The number of hydrogen-bond donors (Lipinski definition) is 1. The first-order chi connectivity index (χ1) is 5.87. The molecule has 0 aromatic heterocycles. The van der Waals surface area contributed by atoms with Crippen LogP contribution in [0.25, 0.3) is 0 Å². The van der Waals surface area contributed by atoms with E-state index < -0.39 is 19.8 Å². The van der Waals surface area contributed by atoms with Crippen molar-refractivity contribution in [1.29, 1.82) is 0 Å². The normalized spacial score (nSPS) is 12.7. The second-order valence-corrected chi connectivity index (χ2v) is 3.95. The maximum atomic E-state index is 11.0. The molecule has 0 rings (SSSR count). The van der Waals surface area contributed by atoms with E-state index in [0.717, 1.165) is 0 Å². The van der Waals surface area contributed by atoms with Gasteiger partial charge in [0.2, 0.25) is 0 Å². The van der Waals surface area contributed by atoms with Crippen LogP contribution in [0.3, 0.4) is 0 Å². The van der Waals surface area contributed by atoms with Gasteiger partial charge in [-0.15, -0.1) is 9.05 Å². The zero-order valence-corrected chi connectivity index (χ0v) is 8.84. The van der Waals surface area contributed by atoms with Crippen molar-refractivity contribution in [3.05, 3.63) is 0 Å². The van der Waals surface area contributed by atoms with Gasteiger partial charge in [0.05, 0.1) is 6.42 Å². The third-order valence-corrected chi connectivity index (χ3v) is 2.25. The Morgan fingerprint density at radius 1 is 1.54 bits per heavy atom. The highest BCUT2D eigenvalue weighted by Crippen LogP contribution is 2.32. The zero-order chi connectivity index (χ0) is 10.5. The van der Waals surface area contributed by atoms with Crippen LogP contribution in [0.1, 0.15) is 27.2 Å². The van der Waals surface area contributed by atoms with Crippen molar-refractivity contribution in [1.82, 2.24) is 0 Å². The van der Waals surface area contributed by atoms with Crippen LogP contribution in [-0.4, -0.2) is 23.3 Å². The number of carbonyl (C=O) groups is 1. The van der Waals surface area contributed by atoms with Crippen molar-refractivity contribution in [3.63, 3.8) is 0 Å². The fourth-order valence-corrected chi connectivity index (χ4v) is 1.46. The Kier molecular flexibility index (Phi) is 5.06. The average molecular weight is 209 g/mol. The van der Waals surface area contributed by atoms with Crippen LogP contribution in [0.2, 0.25) is 0 Å². The molecule has 6 heteroatoms. The van der Waals surface area contributed by atoms with Gasteiger partial charge in [-0.2, -0.15) is 0 Å². The molecule has 1 atom stereocenters. The summed E-state index contributed by atoms with van der Waals surface area (Å²) in [6, 6.07) is 0. The summed E-state index contributed by atoms with van der Waals surface area (Å²) >= 11 is 0. The number of rotatable bonds is 6. The minimum absolute atomic E-state index is 0.207. The summed E-state index contributed by atoms with van der Waals surface area (Å²) in [5.74, 6) is -0.995. The Balaban J connectivity index is 4.00. The fraction of sp³-hybridized carbons (Fsp3) is 0.857. The van der Waals surface area contributed by atoms with Gasteiger partial charge in [-0.25, -0.2) is 0 Å². The minimum Gasteiger partial charge on any atom is -0.481 e. The summed E-state index contributed by atoms with van der Waals surface area (Å²) in [5, 5.41) is 8.48. The van der Waals surface area contributed by atoms with Crippen LogP contribution in [-0.2, 0) is 18.4 Å². The lowest BCUT2D eigenvalue weighted by atomic mass is 10.1. The topological polar surface area (TPSA) is 72.8 Å². The molecule has 0 fully saturated rings. The molecule has 0 aliphatic rings. The lowest BCUT2D eigenvalue weighted by Crippen LogP contribution is -2.25. The highest BCUT2D eigenvalue weighted by atomic mass is 31.1. The first-order valence-electron chi connectivity index (χ1n) is 3.88. The molecule has 0 aromatic rings. The summed E-state index contributed by atoms with van der Waals surface area (Å²) < 4.78 is 20.5. The summed E-state index contributed by atoms with van der Waals surface area (Å²) in [6.45, 7) is 5.06. The Labute approximate surface area is 78.0 Å². The number of carboxylic acids is 1. The van der Waals surface area contributed by atoms with E-state index in [1.165, 1.54) is 0 Å². The van der Waals surface area contributed by atoms with Crippen molar-refractivity contribution in [3.8, 4) is 0 Å². The summed E-state index contributed by atoms with van der Waals surface area (Å²) in [5.41, 5.74) is -0.964. The van der Waals surface area contributed by atoms with E-state index in [2.05, 4.69) is 4.52 Å². The first kappa shape index (κ1) is 12.5. The van der Waals surface area contributed by atoms with Gasteiger partial charge in [-0.1, -0.05) is 0 Å². The van der Waals surface area contributed by atoms with Crippen LogP contribution >= 0.6 is 8.25 Å². The average Bonchev–Trinajstić information content (AvgIpc) is 1.81. The molecule has 0 bridgehead atoms. The smallest absolute Gasteiger partial charge is 0.481 e. The molecule has 0 amide bonds. The molecule has 0 heterocycles. The Morgan fingerprint density at radius 3 is 2.46 bits per heavy atom. The predicted molar refractivity (Wildman–Crippen MR) is 46.6 cm³/mol. The Bertz CT molecular complexity index is 201.